The number of nitrogens with one attached hydrogen (secondary N) is 2. The van der Waals surface area contributed by atoms with Crippen LogP contribution in [0.15, 0.2) is 64.0 Å². The maximum absolute atomic E-state index is 13.3. The van der Waals surface area contributed by atoms with Gasteiger partial charge in [-0.25, -0.2) is 18.1 Å². The predicted molar refractivity (Wildman–Crippen MR) is 155 cm³/mol. The third-order valence-electron chi connectivity index (χ3n) is 6.13. The number of benzene rings is 2. The summed E-state index contributed by atoms with van der Waals surface area (Å²) in [5.74, 6) is 0.230. The molecule has 0 saturated carbocycles. The van der Waals surface area contributed by atoms with E-state index in [1.165, 1.54) is 37.4 Å². The Balaban J connectivity index is 1.94. The van der Waals surface area contributed by atoms with Gasteiger partial charge < -0.3 is 30.4 Å². The van der Waals surface area contributed by atoms with Crippen molar-refractivity contribution in [3.63, 3.8) is 0 Å². The smallest absolute Gasteiger partial charge is 0.277 e. The molecule has 12 nitrogen and oxygen atoms in total. The van der Waals surface area contributed by atoms with Crippen molar-refractivity contribution in [1.29, 1.82) is 0 Å². The largest absolute Gasteiger partial charge is 0.502 e. The van der Waals surface area contributed by atoms with Crippen molar-refractivity contribution in [2.24, 2.45) is 10.8 Å². The summed E-state index contributed by atoms with van der Waals surface area (Å²) in [7, 11) is -1.16. The summed E-state index contributed by atoms with van der Waals surface area (Å²) in [6, 6.07) is 7.54. The van der Waals surface area contributed by atoms with Gasteiger partial charge in [0, 0.05) is 17.9 Å². The molecule has 2 aromatic carbocycles. The topological polar surface area (TPSA) is 165 Å². The molecule has 0 bridgehead atoms. The number of hydrazone groups is 1. The number of nitrogens with zero attached hydrogens (tertiary/aromatic N) is 2. The van der Waals surface area contributed by atoms with E-state index in [4.69, 9.17) is 19.9 Å². The number of methoxy groups -OCH3 is 2. The van der Waals surface area contributed by atoms with Crippen LogP contribution in [0.2, 0.25) is 0 Å². The third kappa shape index (κ3) is 7.11. The second kappa shape index (κ2) is 13.4. The maximum Gasteiger partial charge on any atom is 0.277 e. The molecule has 222 valence electrons. The van der Waals surface area contributed by atoms with Crippen LogP contribution in [0.1, 0.15) is 44.7 Å². The minimum absolute atomic E-state index is 0.0498. The van der Waals surface area contributed by atoms with Gasteiger partial charge in [-0.15, -0.1) is 5.10 Å². The molecule has 1 aliphatic rings. The molecule has 0 aliphatic carbocycles. The molecule has 41 heavy (non-hydrogen) atoms. The van der Waals surface area contributed by atoms with Crippen molar-refractivity contribution in [3.05, 3.63) is 65.1 Å². The van der Waals surface area contributed by atoms with E-state index in [0.29, 0.717) is 36.5 Å². The van der Waals surface area contributed by atoms with Crippen LogP contribution in [0, 0.1) is 0 Å². The summed E-state index contributed by atoms with van der Waals surface area (Å²) in [6.07, 6.45) is 1.63. The molecular weight excluding hydrogens is 550 g/mol. The zero-order valence-corrected chi connectivity index (χ0v) is 24.7. The average molecular weight is 588 g/mol. The minimum atomic E-state index is -3.98. The monoisotopic (exact) mass is 587 g/mol. The molecule has 0 aromatic heterocycles. The van der Waals surface area contributed by atoms with Crippen LogP contribution in [-0.4, -0.2) is 57.6 Å². The van der Waals surface area contributed by atoms with Gasteiger partial charge in [-0.1, -0.05) is 19.9 Å². The molecule has 5 N–H and O–H groups in total. The second-order valence-corrected chi connectivity index (χ2v) is 10.9. The summed E-state index contributed by atoms with van der Waals surface area (Å²) < 4.78 is 45.2. The van der Waals surface area contributed by atoms with Crippen LogP contribution in [0.3, 0.4) is 0 Å². The molecule has 2 aromatic rings. The number of aromatic hydroxyl groups is 1. The van der Waals surface area contributed by atoms with E-state index in [2.05, 4.69) is 21.7 Å². The minimum Gasteiger partial charge on any atom is -0.502 e. The van der Waals surface area contributed by atoms with E-state index in [1.54, 1.807) is 26.0 Å². The third-order valence-corrected chi connectivity index (χ3v) is 7.59. The molecule has 1 heterocycles. The van der Waals surface area contributed by atoms with E-state index in [9.17, 15) is 18.3 Å². The number of hydrogen-bond donors (Lipinski definition) is 4. The first-order chi connectivity index (χ1) is 19.5. The lowest BCUT2D eigenvalue weighted by Gasteiger charge is -2.30. The molecule has 0 atom stereocenters. The molecule has 1 amide bonds. The molecule has 0 saturated heterocycles. The lowest BCUT2D eigenvalue weighted by Crippen LogP contribution is -2.44. The van der Waals surface area contributed by atoms with Crippen molar-refractivity contribution >= 4 is 21.8 Å². The molecule has 1 aliphatic heterocycles. The van der Waals surface area contributed by atoms with Gasteiger partial charge in [-0.3, -0.25) is 4.79 Å². The van der Waals surface area contributed by atoms with Crippen molar-refractivity contribution in [1.82, 2.24) is 15.0 Å². The summed E-state index contributed by atoms with van der Waals surface area (Å²) in [5.41, 5.74) is 7.92. The summed E-state index contributed by atoms with van der Waals surface area (Å²) in [6.45, 7) is 9.76. The highest BCUT2D eigenvalue weighted by molar-refractivity contribution is 7.89. The predicted octanol–water partition coefficient (Wildman–Crippen LogP) is 2.93. The van der Waals surface area contributed by atoms with E-state index in [-0.39, 0.29) is 51.5 Å². The molecule has 0 fully saturated rings. The van der Waals surface area contributed by atoms with Gasteiger partial charge in [0.05, 0.1) is 31.3 Å². The molecule has 0 radical (unpaired) electrons. The van der Waals surface area contributed by atoms with Crippen LogP contribution in [0.5, 0.6) is 23.0 Å². The fourth-order valence-corrected chi connectivity index (χ4v) is 5.23. The zero-order valence-electron chi connectivity index (χ0n) is 23.9. The van der Waals surface area contributed by atoms with Gasteiger partial charge in [0.1, 0.15) is 11.4 Å². The Morgan fingerprint density at radius 2 is 1.80 bits per heavy atom. The average Bonchev–Trinajstić information content (AvgIpc) is 2.93. The van der Waals surface area contributed by atoms with E-state index in [0.717, 1.165) is 6.42 Å². The number of nitrogens with two attached hydrogens (primary N) is 1. The Kier molecular flexibility index (Phi) is 10.2. The standard InChI is InChI=1S/C28H37N5O7S/c1-7-9-17(3)33-25(18(4)29)28(35)31-27(32-33)21-16-20(10-11-22(21)40-8-2)41(36,37)30-13-12-19-14-23(38-5)26(34)24(15-19)39-6/h10-11,14-16,30,34H,3,7-9,12-13,29H2,1-2,4-6H3,(H,31,32,35)/b25-18-. The van der Waals surface area contributed by atoms with Crippen molar-refractivity contribution in [2.75, 3.05) is 27.4 Å². The Labute approximate surface area is 240 Å². The van der Waals surface area contributed by atoms with Crippen LogP contribution in [-0.2, 0) is 21.2 Å². The normalized spacial score (nSPS) is 14.7. The van der Waals surface area contributed by atoms with E-state index >= 15 is 0 Å². The highest BCUT2D eigenvalue weighted by Crippen LogP contribution is 2.37. The molecular formula is C28H37N5O7S. The number of hydrogen-bond acceptors (Lipinski definition) is 10. The Hall–Kier alpha value is -4.23. The number of rotatable bonds is 13. The fourth-order valence-electron chi connectivity index (χ4n) is 4.18. The molecule has 13 heteroatoms. The highest BCUT2D eigenvalue weighted by Gasteiger charge is 2.30. The highest BCUT2D eigenvalue weighted by atomic mass is 32.2. The van der Waals surface area contributed by atoms with Gasteiger partial charge >= 0.3 is 0 Å². The lowest BCUT2D eigenvalue weighted by atomic mass is 10.1. The first-order valence-corrected chi connectivity index (χ1v) is 14.5. The molecule has 0 unspecified atom stereocenters. The van der Waals surface area contributed by atoms with E-state index in [1.807, 2.05) is 6.92 Å². The van der Waals surface area contributed by atoms with Crippen LogP contribution >= 0.6 is 0 Å². The summed E-state index contributed by atoms with van der Waals surface area (Å²) in [4.78, 5) is 13.0. The van der Waals surface area contributed by atoms with Gasteiger partial charge in [0.15, 0.2) is 17.3 Å². The Bertz CT molecular complexity index is 1460. The summed E-state index contributed by atoms with van der Waals surface area (Å²) in [5, 5.41) is 18.8. The molecule has 3 rings (SSSR count). The van der Waals surface area contributed by atoms with Crippen LogP contribution in [0.4, 0.5) is 0 Å². The number of carbonyl (C=O) groups is 1. The first-order valence-electron chi connectivity index (χ1n) is 13.0. The number of carbonyl (C=O) groups excluding carboxylic acids is 1. The Morgan fingerprint density at radius 1 is 1.15 bits per heavy atom. The fraction of sp³-hybridized carbons (Fsp3) is 0.357. The van der Waals surface area contributed by atoms with Crippen molar-refractivity contribution < 1.29 is 32.5 Å². The summed E-state index contributed by atoms with van der Waals surface area (Å²) >= 11 is 0. The van der Waals surface area contributed by atoms with Crippen LogP contribution in [0.25, 0.3) is 0 Å². The van der Waals surface area contributed by atoms with Crippen molar-refractivity contribution in [2.45, 2.75) is 44.9 Å². The number of amidine groups is 1. The number of ether oxygens (including phenoxy) is 3. The van der Waals surface area contributed by atoms with Crippen LogP contribution < -0.4 is 30.0 Å². The second-order valence-electron chi connectivity index (χ2n) is 9.15. The van der Waals surface area contributed by atoms with Gasteiger partial charge in [0.2, 0.25) is 15.8 Å². The van der Waals surface area contributed by atoms with Gasteiger partial charge in [-0.05, 0) is 62.6 Å². The van der Waals surface area contributed by atoms with Crippen molar-refractivity contribution in [3.8, 4) is 23.0 Å². The number of amides is 1. The zero-order chi connectivity index (χ0) is 30.3. The maximum atomic E-state index is 13.3. The van der Waals surface area contributed by atoms with Gasteiger partial charge in [0.25, 0.3) is 5.91 Å². The van der Waals surface area contributed by atoms with E-state index < -0.39 is 15.9 Å². The number of sulfonamides is 1. The number of allylic oxidation sites excluding steroid dienone is 2. The first kappa shape index (κ1) is 31.3. The number of phenolic OH excluding ortho intramolecular Hbond substituents is 1. The molecule has 0 spiro atoms. The Morgan fingerprint density at radius 3 is 2.37 bits per heavy atom. The number of phenols is 1. The lowest BCUT2D eigenvalue weighted by molar-refractivity contribution is -0.118. The van der Waals surface area contributed by atoms with Gasteiger partial charge in [-0.2, -0.15) is 0 Å². The SMILES string of the molecule is C=C(CCC)N1N=C(c2cc(S(=O)(=O)NCCc3cc(OC)c(O)c(OC)c3)ccc2OCC)NC(=O)/C1=C(\C)N. The quantitative estimate of drug-likeness (QED) is 0.258.